The standard InChI is InChI=1S/C36H42O5S/c1-5-13-29-25-31(40-23-22-39-26-28-14-9-7-10-15-28)19-20-34(29)27(3)24-30-18-21-35(38-4)36(33(30)6-2)41-42(37)32-16-11-8-12-17-32/h7-12,14-21,25,27H,5-6,13,22-24,26H2,1-4H3. The van der Waals surface area contributed by atoms with Gasteiger partial charge in [-0.25, -0.2) is 4.21 Å². The molecule has 0 aliphatic heterocycles. The zero-order valence-corrected chi connectivity index (χ0v) is 26.0. The van der Waals surface area contributed by atoms with Crippen LogP contribution in [0.5, 0.6) is 17.2 Å². The molecule has 0 saturated carbocycles. The lowest BCUT2D eigenvalue weighted by Gasteiger charge is -2.21. The van der Waals surface area contributed by atoms with Crippen LogP contribution in [0.3, 0.4) is 0 Å². The SMILES string of the molecule is CCCc1cc(OCCOCc2ccccc2)ccc1C(C)Cc1ccc(OC)c(OS(=O)c2ccccc2)c1CC. The Morgan fingerprint density at radius 1 is 0.833 bits per heavy atom. The van der Waals surface area contributed by atoms with E-state index in [1.807, 2.05) is 42.5 Å². The highest BCUT2D eigenvalue weighted by Crippen LogP contribution is 2.38. The van der Waals surface area contributed by atoms with E-state index in [9.17, 15) is 4.21 Å². The van der Waals surface area contributed by atoms with Crippen LogP contribution in [0.1, 0.15) is 60.9 Å². The Balaban J connectivity index is 1.46. The van der Waals surface area contributed by atoms with Gasteiger partial charge in [0.25, 0.3) is 0 Å². The van der Waals surface area contributed by atoms with Crippen LogP contribution < -0.4 is 13.7 Å². The average Bonchev–Trinajstić information content (AvgIpc) is 3.02. The summed E-state index contributed by atoms with van der Waals surface area (Å²) in [6, 6.07) is 29.9. The van der Waals surface area contributed by atoms with Gasteiger partial charge in [-0.1, -0.05) is 87.9 Å². The van der Waals surface area contributed by atoms with Crippen LogP contribution in [0.2, 0.25) is 0 Å². The van der Waals surface area contributed by atoms with Gasteiger partial charge in [0.2, 0.25) is 11.1 Å². The summed E-state index contributed by atoms with van der Waals surface area (Å²) < 4.78 is 36.5. The predicted octanol–water partition coefficient (Wildman–Crippen LogP) is 8.25. The fourth-order valence-electron chi connectivity index (χ4n) is 5.19. The van der Waals surface area contributed by atoms with Crippen molar-refractivity contribution in [3.63, 3.8) is 0 Å². The summed E-state index contributed by atoms with van der Waals surface area (Å²) in [6.45, 7) is 8.19. The van der Waals surface area contributed by atoms with Gasteiger partial charge >= 0.3 is 0 Å². The van der Waals surface area contributed by atoms with Gasteiger partial charge in [0.1, 0.15) is 12.4 Å². The molecule has 0 aliphatic carbocycles. The molecule has 0 aromatic heterocycles. The van der Waals surface area contributed by atoms with Crippen LogP contribution in [-0.2, 0) is 41.7 Å². The average molecular weight is 587 g/mol. The van der Waals surface area contributed by atoms with Gasteiger partial charge in [-0.05, 0) is 77.8 Å². The van der Waals surface area contributed by atoms with Gasteiger partial charge in [0.15, 0.2) is 11.5 Å². The summed E-state index contributed by atoms with van der Waals surface area (Å²) in [6.07, 6.45) is 3.59. The third-order valence-corrected chi connectivity index (χ3v) is 8.26. The second-order valence-electron chi connectivity index (χ2n) is 10.3. The van der Waals surface area contributed by atoms with Crippen LogP contribution >= 0.6 is 0 Å². The van der Waals surface area contributed by atoms with Gasteiger partial charge in [0.05, 0.1) is 25.2 Å². The molecule has 222 valence electrons. The number of rotatable bonds is 16. The molecule has 0 aliphatic rings. The van der Waals surface area contributed by atoms with Crippen LogP contribution in [0.15, 0.2) is 95.9 Å². The molecule has 2 atom stereocenters. The number of benzene rings is 4. The molecule has 0 spiro atoms. The Morgan fingerprint density at radius 2 is 1.57 bits per heavy atom. The first-order chi connectivity index (χ1) is 20.5. The van der Waals surface area contributed by atoms with Crippen molar-refractivity contribution >= 4 is 11.1 Å². The molecular weight excluding hydrogens is 544 g/mol. The quantitative estimate of drug-likeness (QED) is 0.124. The maximum atomic E-state index is 13.0. The summed E-state index contributed by atoms with van der Waals surface area (Å²) in [7, 11) is 1.62. The number of methoxy groups -OCH3 is 1. The molecule has 42 heavy (non-hydrogen) atoms. The number of hydrogen-bond donors (Lipinski definition) is 0. The number of ether oxygens (including phenoxy) is 3. The van der Waals surface area contributed by atoms with Crippen molar-refractivity contribution in [3.8, 4) is 17.2 Å². The van der Waals surface area contributed by atoms with Crippen LogP contribution in [0.25, 0.3) is 0 Å². The lowest BCUT2D eigenvalue weighted by molar-refractivity contribution is 0.0889. The van der Waals surface area contributed by atoms with E-state index in [-0.39, 0.29) is 5.92 Å². The summed E-state index contributed by atoms with van der Waals surface area (Å²) in [5.74, 6) is 2.28. The smallest absolute Gasteiger partial charge is 0.240 e. The van der Waals surface area contributed by atoms with Gasteiger partial charge in [0, 0.05) is 5.56 Å². The molecule has 2 unspecified atom stereocenters. The van der Waals surface area contributed by atoms with Crippen molar-refractivity contribution in [2.45, 2.75) is 63.9 Å². The molecule has 0 amide bonds. The maximum Gasteiger partial charge on any atom is 0.240 e. The maximum absolute atomic E-state index is 13.0. The summed E-state index contributed by atoms with van der Waals surface area (Å²) in [4.78, 5) is 0.620. The van der Waals surface area contributed by atoms with Crippen molar-refractivity contribution < 1.29 is 22.6 Å². The Morgan fingerprint density at radius 3 is 2.26 bits per heavy atom. The Bertz CT molecular complexity index is 1420. The van der Waals surface area contributed by atoms with Crippen molar-refractivity contribution in [1.82, 2.24) is 0 Å². The molecule has 4 rings (SSSR count). The minimum atomic E-state index is -1.64. The minimum Gasteiger partial charge on any atom is -0.493 e. The predicted molar refractivity (Wildman–Crippen MR) is 170 cm³/mol. The third kappa shape index (κ3) is 8.46. The molecular formula is C36H42O5S. The molecule has 0 radical (unpaired) electrons. The first-order valence-electron chi connectivity index (χ1n) is 14.7. The van der Waals surface area contributed by atoms with Crippen molar-refractivity contribution in [3.05, 3.63) is 119 Å². The van der Waals surface area contributed by atoms with E-state index >= 15 is 0 Å². The topological polar surface area (TPSA) is 54.0 Å². The Kier molecular flexibility index (Phi) is 12.0. The van der Waals surface area contributed by atoms with Crippen LogP contribution in [0.4, 0.5) is 0 Å². The monoisotopic (exact) mass is 586 g/mol. The highest BCUT2D eigenvalue weighted by Gasteiger charge is 2.21. The van der Waals surface area contributed by atoms with E-state index in [4.69, 9.17) is 18.4 Å². The Labute approximate surface area is 253 Å². The highest BCUT2D eigenvalue weighted by molar-refractivity contribution is 7.80. The van der Waals surface area contributed by atoms with Crippen molar-refractivity contribution in [2.24, 2.45) is 0 Å². The van der Waals surface area contributed by atoms with E-state index in [1.54, 1.807) is 19.2 Å². The largest absolute Gasteiger partial charge is 0.493 e. The lowest BCUT2D eigenvalue weighted by atomic mass is 9.86. The zero-order valence-electron chi connectivity index (χ0n) is 25.1. The molecule has 0 bridgehead atoms. The first kappa shape index (κ1) is 31.3. The molecule has 4 aromatic carbocycles. The zero-order chi connectivity index (χ0) is 29.7. The van der Waals surface area contributed by atoms with E-state index in [0.29, 0.717) is 36.2 Å². The first-order valence-corrected chi connectivity index (χ1v) is 15.8. The Hall–Kier alpha value is -3.61. The number of hydrogen-bond acceptors (Lipinski definition) is 5. The number of aryl methyl sites for hydroxylation is 1. The second-order valence-corrected chi connectivity index (χ2v) is 11.4. The molecule has 0 N–H and O–H groups in total. The van der Waals surface area contributed by atoms with Crippen molar-refractivity contribution in [2.75, 3.05) is 20.3 Å². The van der Waals surface area contributed by atoms with Crippen LogP contribution in [0, 0.1) is 0 Å². The molecule has 0 saturated heterocycles. The van der Waals surface area contributed by atoms with Gasteiger partial charge in [-0.15, -0.1) is 0 Å². The normalized spacial score (nSPS) is 12.5. The highest BCUT2D eigenvalue weighted by atomic mass is 32.2. The molecule has 6 heteroatoms. The molecule has 0 fully saturated rings. The fourth-order valence-corrected chi connectivity index (χ4v) is 6.00. The van der Waals surface area contributed by atoms with Gasteiger partial charge in [-0.2, -0.15) is 0 Å². The van der Waals surface area contributed by atoms with E-state index in [2.05, 4.69) is 57.2 Å². The minimum absolute atomic E-state index is 0.265. The van der Waals surface area contributed by atoms with Gasteiger partial charge in [-0.3, -0.25) is 0 Å². The van der Waals surface area contributed by atoms with E-state index < -0.39 is 11.1 Å². The summed E-state index contributed by atoms with van der Waals surface area (Å²) in [5.41, 5.74) is 5.98. The van der Waals surface area contributed by atoms with Crippen molar-refractivity contribution in [1.29, 1.82) is 0 Å². The van der Waals surface area contributed by atoms with Gasteiger partial charge < -0.3 is 18.4 Å². The summed E-state index contributed by atoms with van der Waals surface area (Å²) >= 11 is -1.64. The van der Waals surface area contributed by atoms with E-state index in [0.717, 1.165) is 42.6 Å². The lowest BCUT2D eigenvalue weighted by Crippen LogP contribution is -2.10. The summed E-state index contributed by atoms with van der Waals surface area (Å²) in [5, 5.41) is 0. The molecule has 4 aromatic rings. The molecule has 0 heterocycles. The fraction of sp³-hybridized carbons (Fsp3) is 0.333. The third-order valence-electron chi connectivity index (χ3n) is 7.29. The molecule has 5 nitrogen and oxygen atoms in total. The van der Waals surface area contributed by atoms with Crippen LogP contribution in [-0.4, -0.2) is 24.5 Å². The van der Waals surface area contributed by atoms with E-state index in [1.165, 1.54) is 16.7 Å². The second kappa shape index (κ2) is 16.1.